The molecule has 0 N–H and O–H groups in total. The molecule has 0 saturated carbocycles. The number of rotatable bonds is 6. The smallest absolute Gasteiger partial charge is 0.416 e. The van der Waals surface area contributed by atoms with E-state index >= 15 is 0 Å². The molecule has 0 aromatic heterocycles. The Morgan fingerprint density at radius 1 is 1.00 bits per heavy atom. The highest BCUT2D eigenvalue weighted by molar-refractivity contribution is 5.71. The fourth-order valence-electron chi connectivity index (χ4n) is 5.36. The highest BCUT2D eigenvalue weighted by atomic mass is 19.4. The summed E-state index contributed by atoms with van der Waals surface area (Å²) < 4.78 is 86.0. The highest BCUT2D eigenvalue weighted by Crippen LogP contribution is 2.43. The summed E-state index contributed by atoms with van der Waals surface area (Å²) in [5, 5.41) is 0. The van der Waals surface area contributed by atoms with E-state index in [9.17, 15) is 31.1 Å². The third kappa shape index (κ3) is 6.91. The zero-order valence-electron chi connectivity index (χ0n) is 22.9. The van der Waals surface area contributed by atoms with Crippen LogP contribution in [0.2, 0.25) is 0 Å². The summed E-state index contributed by atoms with van der Waals surface area (Å²) in [7, 11) is 0. The number of hydrogen-bond donors (Lipinski definition) is 0. The van der Waals surface area contributed by atoms with Crippen LogP contribution in [-0.4, -0.2) is 23.6 Å². The van der Waals surface area contributed by atoms with Crippen molar-refractivity contribution in [3.8, 4) is 0 Å². The Kier molecular flexibility index (Phi) is 8.16. The Morgan fingerprint density at radius 2 is 1.60 bits per heavy atom. The third-order valence-corrected chi connectivity index (χ3v) is 7.70. The van der Waals surface area contributed by atoms with Gasteiger partial charge in [-0.1, -0.05) is 55.8 Å². The maximum absolute atomic E-state index is 13.4. The molecule has 1 saturated heterocycles. The van der Waals surface area contributed by atoms with Gasteiger partial charge in [-0.15, -0.1) is 0 Å². The zero-order valence-corrected chi connectivity index (χ0v) is 22.9. The van der Waals surface area contributed by atoms with Crippen molar-refractivity contribution in [3.63, 3.8) is 0 Å². The first-order valence-corrected chi connectivity index (χ1v) is 13.2. The molecule has 2 aromatic carbocycles. The minimum Gasteiger partial charge on any atom is -0.439 e. The molecular formula is C31H33F6NO2. The van der Waals surface area contributed by atoms with Gasteiger partial charge < -0.3 is 4.74 Å². The minimum absolute atomic E-state index is 0.0153. The first kappa shape index (κ1) is 29.7. The fraction of sp³-hybridized carbons (Fsp3) is 0.452. The van der Waals surface area contributed by atoms with Crippen molar-refractivity contribution in [3.05, 3.63) is 93.6 Å². The van der Waals surface area contributed by atoms with Gasteiger partial charge in [0.2, 0.25) is 0 Å². The maximum Gasteiger partial charge on any atom is 0.416 e. The van der Waals surface area contributed by atoms with Crippen LogP contribution in [0.1, 0.15) is 74.0 Å². The second kappa shape index (κ2) is 11.0. The number of halogens is 6. The van der Waals surface area contributed by atoms with Gasteiger partial charge in [0.25, 0.3) is 0 Å². The molecule has 4 rings (SSSR count). The molecule has 2 atom stereocenters. The molecule has 1 heterocycles. The van der Waals surface area contributed by atoms with Crippen LogP contribution in [0.3, 0.4) is 0 Å². The van der Waals surface area contributed by atoms with Gasteiger partial charge in [-0.25, -0.2) is 4.79 Å². The molecule has 1 fully saturated rings. The fourth-order valence-corrected chi connectivity index (χ4v) is 5.36. The predicted octanol–water partition coefficient (Wildman–Crippen LogP) is 9.22. The number of carbonyl (C=O) groups is 1. The molecule has 1 aliphatic heterocycles. The van der Waals surface area contributed by atoms with Crippen LogP contribution in [0.25, 0.3) is 0 Å². The molecule has 1 aliphatic carbocycles. The van der Waals surface area contributed by atoms with E-state index in [0.717, 1.165) is 30.4 Å². The lowest BCUT2D eigenvalue weighted by atomic mass is 9.74. The molecule has 3 nitrogen and oxygen atoms in total. The molecule has 2 aliphatic rings. The first-order valence-electron chi connectivity index (χ1n) is 13.2. The second-order valence-corrected chi connectivity index (χ2v) is 11.6. The number of benzene rings is 2. The molecule has 1 unspecified atom stereocenters. The van der Waals surface area contributed by atoms with Crippen LogP contribution in [0.4, 0.5) is 31.1 Å². The van der Waals surface area contributed by atoms with Crippen molar-refractivity contribution in [2.24, 2.45) is 5.41 Å². The van der Waals surface area contributed by atoms with Crippen LogP contribution >= 0.6 is 0 Å². The van der Waals surface area contributed by atoms with E-state index in [1.54, 1.807) is 6.92 Å². The van der Waals surface area contributed by atoms with E-state index in [1.807, 2.05) is 6.92 Å². The Bertz CT molecular complexity index is 1270. The molecular weight excluding hydrogens is 532 g/mol. The van der Waals surface area contributed by atoms with Crippen molar-refractivity contribution in [2.45, 2.75) is 77.9 Å². The molecule has 40 heavy (non-hydrogen) atoms. The van der Waals surface area contributed by atoms with Gasteiger partial charge in [-0.2, -0.15) is 26.3 Å². The number of ether oxygens (including phenoxy) is 1. The van der Waals surface area contributed by atoms with Crippen molar-refractivity contribution in [2.75, 3.05) is 6.54 Å². The van der Waals surface area contributed by atoms with Crippen LogP contribution < -0.4 is 0 Å². The van der Waals surface area contributed by atoms with E-state index in [0.29, 0.717) is 18.6 Å². The molecule has 0 radical (unpaired) electrons. The van der Waals surface area contributed by atoms with Crippen LogP contribution in [0.15, 0.2) is 65.8 Å². The third-order valence-electron chi connectivity index (χ3n) is 7.70. The van der Waals surface area contributed by atoms with Gasteiger partial charge >= 0.3 is 18.4 Å². The average molecular weight is 566 g/mol. The summed E-state index contributed by atoms with van der Waals surface area (Å²) in [6, 6.07) is 8.81. The monoisotopic (exact) mass is 565 g/mol. The SMILES string of the molecule is Cc1ccc(C/C=C/C2=C(CN3C(=O)OC(c4cc(C(F)(F)F)cc(C(F)(F)F)c4)[C@@H]3C)CC(C)(C)CC2)cc1. The van der Waals surface area contributed by atoms with Crippen LogP contribution in [0, 0.1) is 12.3 Å². The lowest BCUT2D eigenvalue weighted by Gasteiger charge is -2.34. The number of amides is 1. The summed E-state index contributed by atoms with van der Waals surface area (Å²) in [4.78, 5) is 14.3. The van der Waals surface area contributed by atoms with E-state index in [1.165, 1.54) is 16.0 Å². The van der Waals surface area contributed by atoms with Crippen molar-refractivity contribution in [1.29, 1.82) is 0 Å². The Hall–Kier alpha value is -3.23. The average Bonchev–Trinajstić information content (AvgIpc) is 3.13. The van der Waals surface area contributed by atoms with Crippen LogP contribution in [-0.2, 0) is 23.5 Å². The van der Waals surface area contributed by atoms with Crippen molar-refractivity contribution < 1.29 is 35.9 Å². The number of nitrogens with zero attached hydrogens (tertiary/aromatic N) is 1. The largest absolute Gasteiger partial charge is 0.439 e. The minimum atomic E-state index is -4.99. The molecule has 9 heteroatoms. The van der Waals surface area contributed by atoms with E-state index < -0.39 is 41.7 Å². The molecule has 1 amide bonds. The van der Waals surface area contributed by atoms with Gasteiger partial charge in [-0.3, -0.25) is 4.90 Å². The highest BCUT2D eigenvalue weighted by Gasteiger charge is 2.44. The number of hydrogen-bond acceptors (Lipinski definition) is 2. The Labute approximate surface area is 230 Å². The number of cyclic esters (lactones) is 1. The number of allylic oxidation sites excluding steroid dienone is 3. The normalized spacial score (nSPS) is 21.9. The molecule has 0 spiro atoms. The Balaban J connectivity index is 1.60. The molecule has 216 valence electrons. The quantitative estimate of drug-likeness (QED) is 0.327. The van der Waals surface area contributed by atoms with Gasteiger partial charge in [0.15, 0.2) is 0 Å². The van der Waals surface area contributed by atoms with Crippen LogP contribution in [0.5, 0.6) is 0 Å². The second-order valence-electron chi connectivity index (χ2n) is 11.6. The van der Waals surface area contributed by atoms with Gasteiger partial charge in [-0.05, 0) is 85.4 Å². The zero-order chi connectivity index (χ0) is 29.5. The first-order chi connectivity index (χ1) is 18.5. The van der Waals surface area contributed by atoms with Gasteiger partial charge in [0, 0.05) is 6.54 Å². The van der Waals surface area contributed by atoms with Crippen molar-refractivity contribution >= 4 is 6.09 Å². The van der Waals surface area contributed by atoms with E-state index in [2.05, 4.69) is 50.3 Å². The predicted molar refractivity (Wildman–Crippen MR) is 141 cm³/mol. The van der Waals surface area contributed by atoms with E-state index in [-0.39, 0.29) is 23.6 Å². The summed E-state index contributed by atoms with van der Waals surface area (Å²) in [6.07, 6.45) is -4.66. The summed E-state index contributed by atoms with van der Waals surface area (Å²) >= 11 is 0. The summed E-state index contributed by atoms with van der Waals surface area (Å²) in [6.45, 7) is 8.07. The summed E-state index contributed by atoms with van der Waals surface area (Å²) in [5.74, 6) is 0. The number of alkyl halides is 6. The van der Waals surface area contributed by atoms with E-state index in [4.69, 9.17) is 4.74 Å². The maximum atomic E-state index is 13.4. The van der Waals surface area contributed by atoms with Crippen molar-refractivity contribution in [1.82, 2.24) is 4.90 Å². The molecule has 0 bridgehead atoms. The lowest BCUT2D eigenvalue weighted by Crippen LogP contribution is -2.35. The Morgan fingerprint density at radius 3 is 2.17 bits per heavy atom. The molecule has 2 aromatic rings. The van der Waals surface area contributed by atoms with Gasteiger partial charge in [0.1, 0.15) is 6.10 Å². The number of aryl methyl sites for hydroxylation is 1. The standard InChI is InChI=1S/C31H33F6NO2/c1-19-8-10-21(11-9-19)6-5-7-22-12-13-29(3,4)17-24(22)18-38-20(2)27(40-28(38)39)23-14-25(30(32,33)34)16-26(15-23)31(35,36)37/h5,7-11,14-16,20,27H,6,12-13,17-18H2,1-4H3/b7-5+/t20-,27?/m0/s1. The topological polar surface area (TPSA) is 29.5 Å². The number of carbonyl (C=O) groups excluding carboxylic acids is 1. The lowest BCUT2D eigenvalue weighted by molar-refractivity contribution is -0.143. The van der Waals surface area contributed by atoms with Gasteiger partial charge in [0.05, 0.1) is 17.2 Å². The summed E-state index contributed by atoms with van der Waals surface area (Å²) in [5.41, 5.74) is 1.23.